The average molecular weight is 474 g/mol. The number of nitrogens with zero attached hydrogens (tertiary/aromatic N) is 2. The number of nitrogens with one attached hydrogen (secondary N) is 1. The molecule has 3 aromatic rings. The highest BCUT2D eigenvalue weighted by Crippen LogP contribution is 2.41. The van der Waals surface area contributed by atoms with Crippen LogP contribution in [0.25, 0.3) is 21.0 Å². The summed E-state index contributed by atoms with van der Waals surface area (Å²) in [6.45, 7) is 8.48. The lowest BCUT2D eigenvalue weighted by molar-refractivity contribution is 0.242. The number of benzene rings is 2. The molecule has 1 N–H and O–H groups in total. The molecule has 1 unspecified atom stereocenters. The van der Waals surface area contributed by atoms with Crippen molar-refractivity contribution in [3.63, 3.8) is 0 Å². The molecule has 1 atom stereocenters. The second kappa shape index (κ2) is 11.2. The van der Waals surface area contributed by atoms with Crippen molar-refractivity contribution in [3.8, 4) is 32.8 Å². The number of thiazole rings is 1. The Morgan fingerprint density at radius 1 is 1.18 bits per heavy atom. The van der Waals surface area contributed by atoms with Crippen molar-refractivity contribution in [2.75, 3.05) is 0 Å². The standard InChI is InChI=1S/C29H35N3OS/c1-5-8-22(9-6-2)32-26-14-13-23-24(26)10-7-11-25(23)28-18-31-29(34-28)20-12-15-27(33-19(3)4)21(16-20)17-30/h7,10-12,15-16,18-19,22,26,32H,5-6,8-9,13-14H2,1-4H3. The summed E-state index contributed by atoms with van der Waals surface area (Å²) in [5.41, 5.74) is 5.71. The Morgan fingerprint density at radius 2 is 1.97 bits per heavy atom. The maximum absolute atomic E-state index is 9.59. The molecule has 0 fully saturated rings. The van der Waals surface area contributed by atoms with Gasteiger partial charge >= 0.3 is 0 Å². The van der Waals surface area contributed by atoms with Crippen LogP contribution in [0.15, 0.2) is 42.6 Å². The number of fused-ring (bicyclic) bond motifs is 1. The molecule has 1 heterocycles. The van der Waals surface area contributed by atoms with E-state index in [4.69, 9.17) is 9.72 Å². The maximum atomic E-state index is 9.59. The first-order chi connectivity index (χ1) is 16.5. The maximum Gasteiger partial charge on any atom is 0.137 e. The van der Waals surface area contributed by atoms with Crippen molar-refractivity contribution in [2.45, 2.75) is 84.4 Å². The van der Waals surface area contributed by atoms with Crippen molar-refractivity contribution in [3.05, 3.63) is 59.3 Å². The second-order valence-electron chi connectivity index (χ2n) is 9.42. The molecule has 0 aliphatic heterocycles. The van der Waals surface area contributed by atoms with E-state index in [0.29, 0.717) is 23.4 Å². The first-order valence-electron chi connectivity index (χ1n) is 12.6. The molecular formula is C29H35N3OS. The molecule has 0 saturated heterocycles. The predicted molar refractivity (Wildman–Crippen MR) is 141 cm³/mol. The quantitative estimate of drug-likeness (QED) is 0.328. The average Bonchev–Trinajstić information content (AvgIpc) is 3.47. The van der Waals surface area contributed by atoms with Crippen LogP contribution in [0.5, 0.6) is 5.75 Å². The molecular weight excluding hydrogens is 438 g/mol. The number of ether oxygens (including phenoxy) is 1. The molecule has 2 aromatic carbocycles. The molecule has 1 aromatic heterocycles. The predicted octanol–water partition coefficient (Wildman–Crippen LogP) is 7.68. The minimum atomic E-state index is 0.0298. The third-order valence-corrected chi connectivity index (χ3v) is 7.54. The minimum absolute atomic E-state index is 0.0298. The number of hydrogen-bond acceptors (Lipinski definition) is 5. The molecule has 178 valence electrons. The first-order valence-corrected chi connectivity index (χ1v) is 13.4. The van der Waals surface area contributed by atoms with E-state index in [9.17, 15) is 5.26 Å². The molecule has 5 heteroatoms. The molecule has 4 rings (SSSR count). The summed E-state index contributed by atoms with van der Waals surface area (Å²) in [6.07, 6.45) is 9.19. The van der Waals surface area contributed by atoms with Gasteiger partial charge in [-0.05, 0) is 74.4 Å². The smallest absolute Gasteiger partial charge is 0.137 e. The van der Waals surface area contributed by atoms with Gasteiger partial charge in [0.15, 0.2) is 0 Å². The van der Waals surface area contributed by atoms with Crippen LogP contribution in [0, 0.1) is 11.3 Å². The van der Waals surface area contributed by atoms with Crippen LogP contribution in [0.2, 0.25) is 0 Å². The van der Waals surface area contributed by atoms with Gasteiger partial charge in [0.05, 0.1) is 16.5 Å². The third kappa shape index (κ3) is 5.35. The highest BCUT2D eigenvalue weighted by atomic mass is 32.1. The minimum Gasteiger partial charge on any atom is -0.490 e. The molecule has 34 heavy (non-hydrogen) atoms. The molecule has 1 aliphatic carbocycles. The van der Waals surface area contributed by atoms with Crippen LogP contribution in [-0.4, -0.2) is 17.1 Å². The van der Waals surface area contributed by atoms with Gasteiger partial charge in [-0.15, -0.1) is 11.3 Å². The third-order valence-electron chi connectivity index (χ3n) is 6.46. The van der Waals surface area contributed by atoms with Crippen LogP contribution in [0.1, 0.15) is 82.5 Å². The van der Waals surface area contributed by atoms with Gasteiger partial charge in [0.25, 0.3) is 0 Å². The molecule has 0 radical (unpaired) electrons. The number of rotatable bonds is 10. The Hall–Kier alpha value is -2.68. The topological polar surface area (TPSA) is 57.9 Å². The normalized spacial score (nSPS) is 15.0. The highest BCUT2D eigenvalue weighted by Gasteiger charge is 2.27. The SMILES string of the molecule is CCCC(CCC)NC1CCc2c(-c3cnc(-c4ccc(OC(C)C)c(C#N)c4)s3)cccc21. The van der Waals surface area contributed by atoms with Gasteiger partial charge < -0.3 is 10.1 Å². The fraction of sp³-hybridized carbons (Fsp3) is 0.448. The highest BCUT2D eigenvalue weighted by molar-refractivity contribution is 7.18. The van der Waals surface area contributed by atoms with Crippen molar-refractivity contribution in [2.24, 2.45) is 0 Å². The number of hydrogen-bond donors (Lipinski definition) is 1. The van der Waals surface area contributed by atoms with E-state index in [-0.39, 0.29) is 6.10 Å². The monoisotopic (exact) mass is 473 g/mol. The summed E-state index contributed by atoms with van der Waals surface area (Å²) >= 11 is 1.69. The summed E-state index contributed by atoms with van der Waals surface area (Å²) in [7, 11) is 0. The van der Waals surface area contributed by atoms with E-state index in [1.54, 1.807) is 11.3 Å². The Morgan fingerprint density at radius 3 is 2.68 bits per heavy atom. The van der Waals surface area contributed by atoms with E-state index < -0.39 is 0 Å². The largest absolute Gasteiger partial charge is 0.490 e. The summed E-state index contributed by atoms with van der Waals surface area (Å²) in [5, 5.41) is 14.5. The summed E-state index contributed by atoms with van der Waals surface area (Å²) in [5.74, 6) is 0.627. The summed E-state index contributed by atoms with van der Waals surface area (Å²) in [4.78, 5) is 5.91. The van der Waals surface area contributed by atoms with E-state index in [0.717, 1.165) is 23.4 Å². The van der Waals surface area contributed by atoms with Crippen LogP contribution < -0.4 is 10.1 Å². The second-order valence-corrected chi connectivity index (χ2v) is 10.5. The number of aromatic nitrogens is 1. The molecule has 0 bridgehead atoms. The van der Waals surface area contributed by atoms with Crippen molar-refractivity contribution < 1.29 is 4.74 Å². The zero-order valence-corrected chi connectivity index (χ0v) is 21.5. The van der Waals surface area contributed by atoms with E-state index in [2.05, 4.69) is 43.4 Å². The van der Waals surface area contributed by atoms with Crippen molar-refractivity contribution >= 4 is 11.3 Å². The lowest BCUT2D eigenvalue weighted by Crippen LogP contribution is -2.31. The van der Waals surface area contributed by atoms with Gasteiger partial charge in [0, 0.05) is 23.8 Å². The molecule has 1 aliphatic rings. The Kier molecular flexibility index (Phi) is 8.03. The fourth-order valence-electron chi connectivity index (χ4n) is 4.99. The number of nitriles is 1. The molecule has 0 spiro atoms. The van der Waals surface area contributed by atoms with Gasteiger partial charge in [-0.3, -0.25) is 0 Å². The van der Waals surface area contributed by atoms with E-state index >= 15 is 0 Å². The zero-order chi connectivity index (χ0) is 24.1. The van der Waals surface area contributed by atoms with E-state index in [1.807, 2.05) is 38.2 Å². The Bertz CT molecular complexity index is 1150. The van der Waals surface area contributed by atoms with Gasteiger partial charge in [-0.1, -0.05) is 44.9 Å². The van der Waals surface area contributed by atoms with Crippen molar-refractivity contribution in [1.29, 1.82) is 5.26 Å². The Labute approximate surface area is 208 Å². The van der Waals surface area contributed by atoms with Gasteiger partial charge in [-0.2, -0.15) is 5.26 Å². The summed E-state index contributed by atoms with van der Waals surface area (Å²) < 4.78 is 5.77. The van der Waals surface area contributed by atoms with E-state index in [1.165, 1.54) is 47.3 Å². The molecule has 0 amide bonds. The van der Waals surface area contributed by atoms with Gasteiger partial charge in [0.1, 0.15) is 16.8 Å². The lowest BCUT2D eigenvalue weighted by atomic mass is 10.00. The summed E-state index contributed by atoms with van der Waals surface area (Å²) in [6, 6.07) is 15.8. The fourth-order valence-corrected chi connectivity index (χ4v) is 5.96. The zero-order valence-electron chi connectivity index (χ0n) is 20.7. The Balaban J connectivity index is 1.59. The molecule has 0 saturated carbocycles. The van der Waals surface area contributed by atoms with Crippen LogP contribution in [0.4, 0.5) is 0 Å². The van der Waals surface area contributed by atoms with Crippen LogP contribution >= 0.6 is 11.3 Å². The van der Waals surface area contributed by atoms with Gasteiger partial charge in [-0.25, -0.2) is 4.98 Å². The van der Waals surface area contributed by atoms with Crippen LogP contribution in [0.3, 0.4) is 0 Å². The van der Waals surface area contributed by atoms with Crippen LogP contribution in [-0.2, 0) is 6.42 Å². The van der Waals surface area contributed by atoms with Gasteiger partial charge in [0.2, 0.25) is 0 Å². The van der Waals surface area contributed by atoms with Crippen molar-refractivity contribution in [1.82, 2.24) is 10.3 Å². The molecule has 4 nitrogen and oxygen atoms in total. The lowest BCUT2D eigenvalue weighted by Gasteiger charge is -2.23. The first kappa shape index (κ1) is 24.4.